The van der Waals surface area contributed by atoms with Crippen LogP contribution in [-0.4, -0.2) is 30.9 Å². The van der Waals surface area contributed by atoms with Crippen molar-refractivity contribution < 1.29 is 4.52 Å². The van der Waals surface area contributed by atoms with Gasteiger partial charge >= 0.3 is 0 Å². The molecule has 3 heterocycles. The largest absolute Gasteiger partial charge is 0.338 e. The highest BCUT2D eigenvalue weighted by Gasteiger charge is 2.25. The third-order valence-electron chi connectivity index (χ3n) is 4.17. The van der Waals surface area contributed by atoms with Crippen molar-refractivity contribution in [1.29, 1.82) is 0 Å². The topological polar surface area (TPSA) is 81.7 Å². The van der Waals surface area contributed by atoms with Crippen molar-refractivity contribution in [2.24, 2.45) is 0 Å². The number of nitrogens with zero attached hydrogens (tertiary/aromatic N) is 5. The SMILES string of the molecule is CCc1nnc2n1C[C@@H](N[C@H](C)c1nc(C(C)C)no1)CC2. The second-order valence-electron chi connectivity index (χ2n) is 6.27. The molecule has 1 aliphatic heterocycles. The van der Waals surface area contributed by atoms with E-state index in [9.17, 15) is 0 Å². The first-order valence-corrected chi connectivity index (χ1v) is 8.09. The Balaban J connectivity index is 1.66. The van der Waals surface area contributed by atoms with Gasteiger partial charge in [0.2, 0.25) is 5.89 Å². The summed E-state index contributed by atoms with van der Waals surface area (Å²) in [5, 5.41) is 16.2. The molecule has 0 fully saturated rings. The predicted octanol–water partition coefficient (Wildman–Crippen LogP) is 2.01. The Morgan fingerprint density at radius 2 is 2.14 bits per heavy atom. The van der Waals surface area contributed by atoms with E-state index in [0.29, 0.717) is 11.9 Å². The lowest BCUT2D eigenvalue weighted by molar-refractivity contribution is 0.292. The highest BCUT2D eigenvalue weighted by atomic mass is 16.5. The Morgan fingerprint density at radius 3 is 2.82 bits per heavy atom. The summed E-state index contributed by atoms with van der Waals surface area (Å²) in [6, 6.07) is 0.423. The first-order chi connectivity index (χ1) is 10.6. The summed E-state index contributed by atoms with van der Waals surface area (Å²) >= 11 is 0. The van der Waals surface area contributed by atoms with E-state index in [0.717, 1.165) is 43.3 Å². The van der Waals surface area contributed by atoms with Crippen LogP contribution in [0.15, 0.2) is 4.52 Å². The zero-order valence-corrected chi connectivity index (χ0v) is 13.7. The smallest absolute Gasteiger partial charge is 0.243 e. The molecule has 22 heavy (non-hydrogen) atoms. The van der Waals surface area contributed by atoms with Crippen LogP contribution in [0.5, 0.6) is 0 Å². The highest BCUT2D eigenvalue weighted by Crippen LogP contribution is 2.20. The molecule has 2 atom stereocenters. The molecule has 2 aromatic heterocycles. The summed E-state index contributed by atoms with van der Waals surface area (Å²) in [5.41, 5.74) is 0. The molecular formula is C15H24N6O. The van der Waals surface area contributed by atoms with Gasteiger partial charge in [-0.3, -0.25) is 0 Å². The summed E-state index contributed by atoms with van der Waals surface area (Å²) in [5.74, 6) is 3.87. The van der Waals surface area contributed by atoms with Crippen molar-refractivity contribution in [3.05, 3.63) is 23.4 Å². The maximum atomic E-state index is 5.37. The molecule has 0 bridgehead atoms. The Bertz CT molecular complexity index is 618. The maximum absolute atomic E-state index is 5.37. The van der Waals surface area contributed by atoms with Crippen molar-refractivity contribution in [2.45, 2.75) is 71.5 Å². The minimum atomic E-state index is 0.0492. The minimum Gasteiger partial charge on any atom is -0.338 e. The number of nitrogens with one attached hydrogen (secondary N) is 1. The second-order valence-corrected chi connectivity index (χ2v) is 6.27. The van der Waals surface area contributed by atoms with Crippen LogP contribution in [-0.2, 0) is 19.4 Å². The Labute approximate surface area is 130 Å². The molecule has 0 aliphatic carbocycles. The molecule has 120 valence electrons. The van der Waals surface area contributed by atoms with Crippen molar-refractivity contribution in [1.82, 2.24) is 30.2 Å². The number of hydrogen-bond acceptors (Lipinski definition) is 6. The van der Waals surface area contributed by atoms with Crippen LogP contribution in [0.25, 0.3) is 0 Å². The standard InChI is InChI=1S/C15H24N6O/c1-5-12-18-19-13-7-6-11(8-21(12)13)16-10(4)15-17-14(9(2)3)20-22-15/h9-11,16H,5-8H2,1-4H3/t10-,11+/m1/s1. The molecule has 2 aromatic rings. The van der Waals surface area contributed by atoms with Gasteiger partial charge < -0.3 is 14.4 Å². The lowest BCUT2D eigenvalue weighted by Gasteiger charge is -2.27. The monoisotopic (exact) mass is 304 g/mol. The second kappa shape index (κ2) is 6.16. The maximum Gasteiger partial charge on any atom is 0.243 e. The summed E-state index contributed by atoms with van der Waals surface area (Å²) < 4.78 is 7.61. The van der Waals surface area contributed by atoms with Gasteiger partial charge in [0.15, 0.2) is 5.82 Å². The van der Waals surface area contributed by atoms with Crippen molar-refractivity contribution in [3.63, 3.8) is 0 Å². The van der Waals surface area contributed by atoms with Crippen molar-refractivity contribution >= 4 is 0 Å². The van der Waals surface area contributed by atoms with E-state index in [1.54, 1.807) is 0 Å². The van der Waals surface area contributed by atoms with E-state index in [2.05, 4.69) is 57.9 Å². The average molecular weight is 304 g/mol. The molecule has 1 N–H and O–H groups in total. The zero-order valence-electron chi connectivity index (χ0n) is 13.7. The third-order valence-corrected chi connectivity index (χ3v) is 4.17. The Hall–Kier alpha value is -1.76. The number of aromatic nitrogens is 5. The summed E-state index contributed by atoms with van der Waals surface area (Å²) in [6.45, 7) is 9.21. The van der Waals surface area contributed by atoms with Gasteiger partial charge in [0.05, 0.1) is 6.04 Å². The number of aryl methyl sites for hydroxylation is 2. The van der Waals surface area contributed by atoms with Gasteiger partial charge in [0.25, 0.3) is 0 Å². The fourth-order valence-electron chi connectivity index (χ4n) is 2.86. The van der Waals surface area contributed by atoms with Crippen molar-refractivity contribution in [3.8, 4) is 0 Å². The molecule has 7 heteroatoms. The van der Waals surface area contributed by atoms with Crippen LogP contribution >= 0.6 is 0 Å². The van der Waals surface area contributed by atoms with Gasteiger partial charge in [-0.1, -0.05) is 25.9 Å². The van der Waals surface area contributed by atoms with Gasteiger partial charge in [-0.2, -0.15) is 4.98 Å². The van der Waals surface area contributed by atoms with E-state index in [1.165, 1.54) is 0 Å². The fraction of sp³-hybridized carbons (Fsp3) is 0.733. The molecule has 0 radical (unpaired) electrons. The molecule has 0 saturated heterocycles. The normalized spacial score (nSPS) is 19.4. The number of hydrogen-bond donors (Lipinski definition) is 1. The van der Waals surface area contributed by atoms with Crippen LogP contribution < -0.4 is 5.32 Å². The predicted molar refractivity (Wildman–Crippen MR) is 81.4 cm³/mol. The Morgan fingerprint density at radius 1 is 1.32 bits per heavy atom. The first-order valence-electron chi connectivity index (χ1n) is 8.09. The van der Waals surface area contributed by atoms with Crippen LogP contribution in [0, 0.1) is 0 Å². The molecule has 7 nitrogen and oxygen atoms in total. The minimum absolute atomic E-state index is 0.0492. The molecule has 0 aromatic carbocycles. The highest BCUT2D eigenvalue weighted by molar-refractivity contribution is 5.02. The van der Waals surface area contributed by atoms with E-state index in [1.807, 2.05) is 0 Å². The molecule has 0 saturated carbocycles. The van der Waals surface area contributed by atoms with Crippen LogP contribution in [0.3, 0.4) is 0 Å². The summed E-state index contributed by atoms with van der Waals surface area (Å²) in [6.07, 6.45) is 2.92. The van der Waals surface area contributed by atoms with Gasteiger partial charge in [-0.05, 0) is 13.3 Å². The van der Waals surface area contributed by atoms with Crippen LogP contribution in [0.1, 0.15) is 69.4 Å². The molecule has 0 spiro atoms. The zero-order chi connectivity index (χ0) is 15.7. The molecular weight excluding hydrogens is 280 g/mol. The molecule has 0 unspecified atom stereocenters. The fourth-order valence-corrected chi connectivity index (χ4v) is 2.86. The van der Waals surface area contributed by atoms with E-state index < -0.39 is 0 Å². The lowest BCUT2D eigenvalue weighted by atomic mass is 10.1. The molecule has 1 aliphatic rings. The van der Waals surface area contributed by atoms with Gasteiger partial charge in [0.1, 0.15) is 11.6 Å². The van der Waals surface area contributed by atoms with Crippen molar-refractivity contribution in [2.75, 3.05) is 0 Å². The molecule has 3 rings (SSSR count). The van der Waals surface area contributed by atoms with Gasteiger partial charge in [-0.15, -0.1) is 10.2 Å². The van der Waals surface area contributed by atoms with Gasteiger partial charge in [-0.25, -0.2) is 0 Å². The van der Waals surface area contributed by atoms with E-state index in [-0.39, 0.29) is 12.0 Å². The van der Waals surface area contributed by atoms with Crippen LogP contribution in [0.4, 0.5) is 0 Å². The summed E-state index contributed by atoms with van der Waals surface area (Å²) in [4.78, 5) is 4.47. The average Bonchev–Trinajstić information content (AvgIpc) is 3.13. The summed E-state index contributed by atoms with van der Waals surface area (Å²) in [7, 11) is 0. The van der Waals surface area contributed by atoms with Gasteiger partial charge in [0, 0.05) is 31.3 Å². The Kier molecular flexibility index (Phi) is 4.24. The number of fused-ring (bicyclic) bond motifs is 1. The number of rotatable bonds is 5. The van der Waals surface area contributed by atoms with Crippen LogP contribution in [0.2, 0.25) is 0 Å². The third kappa shape index (κ3) is 2.90. The van der Waals surface area contributed by atoms with E-state index in [4.69, 9.17) is 4.52 Å². The quantitative estimate of drug-likeness (QED) is 0.910. The molecule has 0 amide bonds. The first kappa shape index (κ1) is 15.1. The lowest BCUT2D eigenvalue weighted by Crippen LogP contribution is -2.39. The van der Waals surface area contributed by atoms with E-state index >= 15 is 0 Å².